The number of carbonyl (C=O) groups excluding carboxylic acids is 1. The van der Waals surface area contributed by atoms with E-state index in [0.717, 1.165) is 19.3 Å². The number of nitrogens with one attached hydrogen (secondary N) is 1. The van der Waals surface area contributed by atoms with E-state index < -0.39 is 11.9 Å². The molecule has 0 bridgehead atoms. The van der Waals surface area contributed by atoms with Gasteiger partial charge in [0.15, 0.2) is 0 Å². The average molecular weight is 279 g/mol. The van der Waals surface area contributed by atoms with Crippen LogP contribution in [0.4, 0.5) is 4.39 Å². The van der Waals surface area contributed by atoms with Gasteiger partial charge >= 0.3 is 0 Å². The normalized spacial score (nSPS) is 24.1. The number of halogens is 1. The van der Waals surface area contributed by atoms with Crippen LogP contribution in [-0.4, -0.2) is 17.1 Å². The molecule has 1 aromatic carbocycles. The van der Waals surface area contributed by atoms with Gasteiger partial charge in [0.2, 0.25) is 5.91 Å². The lowest BCUT2D eigenvalue weighted by atomic mass is 9.86. The lowest BCUT2D eigenvalue weighted by Crippen LogP contribution is -2.41. The highest BCUT2D eigenvalue weighted by Crippen LogP contribution is 2.24. The summed E-state index contributed by atoms with van der Waals surface area (Å²) in [7, 11) is 0. The lowest BCUT2D eigenvalue weighted by molar-refractivity contribution is -0.124. The third-order valence-corrected chi connectivity index (χ3v) is 4.07. The Balaban J connectivity index is 1.87. The highest BCUT2D eigenvalue weighted by Gasteiger charge is 2.23. The molecule has 4 heteroatoms. The highest BCUT2D eigenvalue weighted by atomic mass is 19.1. The van der Waals surface area contributed by atoms with Gasteiger partial charge in [0, 0.05) is 6.04 Å². The number of carbonyl (C=O) groups is 1. The van der Waals surface area contributed by atoms with Gasteiger partial charge in [-0.15, -0.1) is 0 Å². The van der Waals surface area contributed by atoms with Gasteiger partial charge in [0.25, 0.3) is 0 Å². The maximum absolute atomic E-state index is 13.1. The Morgan fingerprint density at radius 1 is 1.45 bits per heavy atom. The first-order valence-electron chi connectivity index (χ1n) is 7.29. The van der Waals surface area contributed by atoms with Gasteiger partial charge in [0.05, 0.1) is 12.5 Å². The fraction of sp³-hybridized carbons (Fsp3) is 0.562. The zero-order chi connectivity index (χ0) is 14.5. The summed E-state index contributed by atoms with van der Waals surface area (Å²) < 4.78 is 13.1. The van der Waals surface area contributed by atoms with Crippen molar-refractivity contribution in [3.8, 4) is 0 Å². The molecule has 0 aliphatic heterocycles. The summed E-state index contributed by atoms with van der Waals surface area (Å²) >= 11 is 0. The van der Waals surface area contributed by atoms with E-state index in [1.165, 1.54) is 24.6 Å². The molecule has 1 fully saturated rings. The van der Waals surface area contributed by atoms with Crippen LogP contribution in [0, 0.1) is 11.7 Å². The van der Waals surface area contributed by atoms with Crippen LogP contribution in [0.5, 0.6) is 0 Å². The molecular formula is C16H22FNO2. The monoisotopic (exact) mass is 279 g/mol. The number of rotatable bonds is 4. The van der Waals surface area contributed by atoms with Gasteiger partial charge < -0.3 is 10.4 Å². The Hall–Kier alpha value is -1.42. The Morgan fingerprint density at radius 2 is 2.20 bits per heavy atom. The van der Waals surface area contributed by atoms with Crippen LogP contribution >= 0.6 is 0 Å². The van der Waals surface area contributed by atoms with Crippen molar-refractivity contribution in [3.63, 3.8) is 0 Å². The SMILES string of the molecule is CC1CCCCC1NC(=O)CC(O)c1cccc(F)c1. The van der Waals surface area contributed by atoms with Crippen LogP contribution in [0.25, 0.3) is 0 Å². The fourth-order valence-electron chi connectivity index (χ4n) is 2.80. The van der Waals surface area contributed by atoms with Gasteiger partial charge in [-0.25, -0.2) is 4.39 Å². The van der Waals surface area contributed by atoms with E-state index in [9.17, 15) is 14.3 Å². The Kier molecular flexibility index (Phi) is 5.12. The molecule has 0 aromatic heterocycles. The molecule has 0 radical (unpaired) electrons. The molecule has 0 saturated heterocycles. The molecule has 1 aliphatic rings. The van der Waals surface area contributed by atoms with E-state index in [0.29, 0.717) is 11.5 Å². The van der Waals surface area contributed by atoms with Crippen molar-refractivity contribution in [1.82, 2.24) is 5.32 Å². The number of aliphatic hydroxyl groups is 1. The predicted octanol–water partition coefficient (Wildman–Crippen LogP) is 2.94. The van der Waals surface area contributed by atoms with Crippen LogP contribution in [0.3, 0.4) is 0 Å². The fourth-order valence-corrected chi connectivity index (χ4v) is 2.80. The van der Waals surface area contributed by atoms with E-state index in [1.54, 1.807) is 6.07 Å². The molecule has 3 unspecified atom stereocenters. The molecule has 1 aliphatic carbocycles. The smallest absolute Gasteiger partial charge is 0.223 e. The number of amides is 1. The van der Waals surface area contributed by atoms with Crippen LogP contribution in [0.2, 0.25) is 0 Å². The maximum atomic E-state index is 13.1. The number of hydrogen-bond donors (Lipinski definition) is 2. The topological polar surface area (TPSA) is 49.3 Å². The molecule has 3 atom stereocenters. The van der Waals surface area contributed by atoms with E-state index in [1.807, 2.05) is 0 Å². The Morgan fingerprint density at radius 3 is 2.90 bits per heavy atom. The molecule has 3 nitrogen and oxygen atoms in total. The van der Waals surface area contributed by atoms with Crippen LogP contribution in [0.1, 0.15) is 50.7 Å². The standard InChI is InChI=1S/C16H22FNO2/c1-11-5-2-3-8-14(11)18-16(20)10-15(19)12-6-4-7-13(17)9-12/h4,6-7,9,11,14-15,19H,2-3,5,8,10H2,1H3,(H,18,20). The van der Waals surface area contributed by atoms with E-state index in [4.69, 9.17) is 0 Å². The minimum absolute atomic E-state index is 0.0212. The summed E-state index contributed by atoms with van der Waals surface area (Å²) in [5.41, 5.74) is 0.442. The van der Waals surface area contributed by atoms with Crippen molar-refractivity contribution in [3.05, 3.63) is 35.6 Å². The van der Waals surface area contributed by atoms with Crippen molar-refractivity contribution in [2.45, 2.75) is 51.2 Å². The first-order chi connectivity index (χ1) is 9.56. The summed E-state index contributed by atoms with van der Waals surface area (Å²) in [6, 6.07) is 5.96. The summed E-state index contributed by atoms with van der Waals surface area (Å²) in [6.45, 7) is 2.15. The van der Waals surface area contributed by atoms with Gasteiger partial charge in [-0.3, -0.25) is 4.79 Å². The summed E-state index contributed by atoms with van der Waals surface area (Å²) in [5.74, 6) is -0.0811. The van der Waals surface area contributed by atoms with Gasteiger partial charge in [-0.1, -0.05) is 31.9 Å². The van der Waals surface area contributed by atoms with E-state index >= 15 is 0 Å². The molecule has 2 N–H and O–H groups in total. The average Bonchev–Trinajstić information content (AvgIpc) is 2.41. The van der Waals surface area contributed by atoms with Crippen molar-refractivity contribution in [1.29, 1.82) is 0 Å². The van der Waals surface area contributed by atoms with Crippen molar-refractivity contribution >= 4 is 5.91 Å². The first-order valence-corrected chi connectivity index (χ1v) is 7.29. The summed E-state index contributed by atoms with van der Waals surface area (Å²) in [4.78, 5) is 12.0. The van der Waals surface area contributed by atoms with Crippen molar-refractivity contribution in [2.75, 3.05) is 0 Å². The van der Waals surface area contributed by atoms with Crippen molar-refractivity contribution in [2.24, 2.45) is 5.92 Å². The predicted molar refractivity (Wildman–Crippen MR) is 75.5 cm³/mol. The summed E-state index contributed by atoms with van der Waals surface area (Å²) in [5, 5.41) is 13.0. The molecule has 2 rings (SSSR count). The number of hydrogen-bond acceptors (Lipinski definition) is 2. The molecule has 1 amide bonds. The van der Waals surface area contributed by atoms with E-state index in [2.05, 4.69) is 12.2 Å². The zero-order valence-corrected chi connectivity index (χ0v) is 11.8. The molecule has 0 spiro atoms. The van der Waals surface area contributed by atoms with Crippen LogP contribution < -0.4 is 5.32 Å². The molecule has 1 aromatic rings. The van der Waals surface area contributed by atoms with Crippen LogP contribution in [0.15, 0.2) is 24.3 Å². The number of aliphatic hydroxyl groups excluding tert-OH is 1. The Bertz CT molecular complexity index is 464. The third-order valence-electron chi connectivity index (χ3n) is 4.07. The largest absolute Gasteiger partial charge is 0.388 e. The molecule has 20 heavy (non-hydrogen) atoms. The summed E-state index contributed by atoms with van der Waals surface area (Å²) in [6.07, 6.45) is 3.53. The maximum Gasteiger partial charge on any atom is 0.223 e. The molecule has 0 heterocycles. The number of benzene rings is 1. The third kappa shape index (κ3) is 4.04. The zero-order valence-electron chi connectivity index (χ0n) is 11.8. The second kappa shape index (κ2) is 6.84. The molecule has 1 saturated carbocycles. The second-order valence-corrected chi connectivity index (χ2v) is 5.71. The first kappa shape index (κ1) is 15.0. The van der Waals surface area contributed by atoms with Gasteiger partial charge in [-0.2, -0.15) is 0 Å². The minimum atomic E-state index is -0.954. The quantitative estimate of drug-likeness (QED) is 0.890. The van der Waals surface area contributed by atoms with E-state index in [-0.39, 0.29) is 18.4 Å². The molecular weight excluding hydrogens is 257 g/mol. The minimum Gasteiger partial charge on any atom is -0.388 e. The lowest BCUT2D eigenvalue weighted by Gasteiger charge is -2.29. The molecule has 110 valence electrons. The Labute approximate surface area is 119 Å². The van der Waals surface area contributed by atoms with Crippen molar-refractivity contribution < 1.29 is 14.3 Å². The second-order valence-electron chi connectivity index (χ2n) is 5.71. The van der Waals surface area contributed by atoms with Gasteiger partial charge in [0.1, 0.15) is 5.82 Å². The van der Waals surface area contributed by atoms with Gasteiger partial charge in [-0.05, 0) is 36.5 Å². The highest BCUT2D eigenvalue weighted by molar-refractivity contribution is 5.77. The van der Waals surface area contributed by atoms with Crippen LogP contribution in [-0.2, 0) is 4.79 Å².